The second-order valence-electron chi connectivity index (χ2n) is 3.48. The minimum atomic E-state index is -2.77. The van der Waals surface area contributed by atoms with Gasteiger partial charge in [-0.1, -0.05) is 20.8 Å². The number of hydrogen-bond acceptors (Lipinski definition) is 1. The summed E-state index contributed by atoms with van der Waals surface area (Å²) in [5.74, 6) is 0. The Balaban J connectivity index is 4.21. The summed E-state index contributed by atoms with van der Waals surface area (Å²) in [6.07, 6.45) is 2.91. The minimum Gasteiger partial charge on any atom is -0.271 e. The second-order valence-corrected chi connectivity index (χ2v) is 5.61. The Kier molecular flexibility index (Phi) is 7.47. The van der Waals surface area contributed by atoms with Crippen molar-refractivity contribution in [2.24, 2.45) is 5.50 Å². The SMILES string of the molecule is CCCNP(N)(=O)N(CCC)CCC. The Morgan fingerprint density at radius 1 is 1.14 bits per heavy atom. The molecule has 0 spiro atoms. The van der Waals surface area contributed by atoms with Gasteiger partial charge in [-0.05, 0) is 19.3 Å². The largest absolute Gasteiger partial charge is 0.279 e. The van der Waals surface area contributed by atoms with Crippen molar-refractivity contribution in [2.75, 3.05) is 19.6 Å². The molecule has 0 aromatic rings. The van der Waals surface area contributed by atoms with E-state index in [2.05, 4.69) is 18.9 Å². The van der Waals surface area contributed by atoms with E-state index in [0.29, 0.717) is 0 Å². The van der Waals surface area contributed by atoms with Crippen LogP contribution in [0.4, 0.5) is 0 Å². The number of hydrogen-bond donors (Lipinski definition) is 2. The first kappa shape index (κ1) is 14.1. The summed E-state index contributed by atoms with van der Waals surface area (Å²) in [5.41, 5.74) is 5.79. The highest BCUT2D eigenvalue weighted by Gasteiger charge is 2.23. The summed E-state index contributed by atoms with van der Waals surface area (Å²) >= 11 is 0. The van der Waals surface area contributed by atoms with E-state index in [1.807, 2.05) is 11.6 Å². The zero-order chi connectivity index (χ0) is 11.0. The maximum absolute atomic E-state index is 12.0. The van der Waals surface area contributed by atoms with Crippen molar-refractivity contribution in [2.45, 2.75) is 40.0 Å². The van der Waals surface area contributed by atoms with Gasteiger partial charge in [-0.25, -0.2) is 9.76 Å². The van der Waals surface area contributed by atoms with Crippen LogP contribution in [0.5, 0.6) is 0 Å². The van der Waals surface area contributed by atoms with E-state index in [9.17, 15) is 4.57 Å². The molecule has 0 bridgehead atoms. The highest BCUT2D eigenvalue weighted by molar-refractivity contribution is 7.56. The number of nitrogens with two attached hydrogens (primary N) is 1. The van der Waals surface area contributed by atoms with Gasteiger partial charge in [0.05, 0.1) is 0 Å². The maximum Gasteiger partial charge on any atom is 0.279 e. The van der Waals surface area contributed by atoms with Gasteiger partial charge in [-0.15, -0.1) is 0 Å². The van der Waals surface area contributed by atoms with Gasteiger partial charge in [0, 0.05) is 19.6 Å². The van der Waals surface area contributed by atoms with Crippen LogP contribution in [-0.4, -0.2) is 24.3 Å². The summed E-state index contributed by atoms with van der Waals surface area (Å²) in [6.45, 7) is 8.51. The Morgan fingerprint density at radius 2 is 1.64 bits per heavy atom. The van der Waals surface area contributed by atoms with Gasteiger partial charge in [-0.3, -0.25) is 10.1 Å². The van der Waals surface area contributed by atoms with Gasteiger partial charge in [0.2, 0.25) is 0 Å². The van der Waals surface area contributed by atoms with Gasteiger partial charge < -0.3 is 0 Å². The van der Waals surface area contributed by atoms with Gasteiger partial charge in [0.15, 0.2) is 0 Å². The molecule has 1 unspecified atom stereocenters. The van der Waals surface area contributed by atoms with Crippen LogP contribution in [0.25, 0.3) is 0 Å². The lowest BCUT2D eigenvalue weighted by Gasteiger charge is -2.28. The van der Waals surface area contributed by atoms with E-state index >= 15 is 0 Å². The van der Waals surface area contributed by atoms with Crippen LogP contribution < -0.4 is 10.6 Å². The van der Waals surface area contributed by atoms with E-state index in [0.717, 1.165) is 38.9 Å². The van der Waals surface area contributed by atoms with Crippen LogP contribution >= 0.6 is 7.59 Å². The van der Waals surface area contributed by atoms with E-state index in [1.54, 1.807) is 0 Å². The van der Waals surface area contributed by atoms with Crippen LogP contribution in [0.2, 0.25) is 0 Å². The summed E-state index contributed by atoms with van der Waals surface area (Å²) < 4.78 is 13.9. The molecule has 0 fully saturated rings. The highest BCUT2D eigenvalue weighted by atomic mass is 31.2. The number of nitrogens with zero attached hydrogens (tertiary/aromatic N) is 1. The van der Waals surface area contributed by atoms with Gasteiger partial charge in [0.25, 0.3) is 7.59 Å². The fourth-order valence-corrected chi connectivity index (χ4v) is 3.04. The molecule has 0 amide bonds. The smallest absolute Gasteiger partial charge is 0.271 e. The number of nitrogens with one attached hydrogen (secondary N) is 1. The fourth-order valence-electron chi connectivity index (χ4n) is 1.30. The highest BCUT2D eigenvalue weighted by Crippen LogP contribution is 2.36. The molecule has 0 aromatic carbocycles. The molecular formula is C9H24N3OP. The third kappa shape index (κ3) is 5.11. The average molecular weight is 221 g/mol. The molecule has 0 radical (unpaired) electrons. The number of rotatable bonds is 8. The van der Waals surface area contributed by atoms with Crippen molar-refractivity contribution in [3.8, 4) is 0 Å². The monoisotopic (exact) mass is 221 g/mol. The molecule has 0 aliphatic heterocycles. The predicted octanol–water partition coefficient (Wildman–Crippen LogP) is 2.17. The lowest BCUT2D eigenvalue weighted by molar-refractivity contribution is 0.399. The van der Waals surface area contributed by atoms with Crippen LogP contribution in [-0.2, 0) is 4.57 Å². The zero-order valence-electron chi connectivity index (χ0n) is 9.62. The topological polar surface area (TPSA) is 58.4 Å². The average Bonchev–Trinajstić information content (AvgIpc) is 2.14. The molecule has 1 atom stereocenters. The molecular weight excluding hydrogens is 197 g/mol. The first-order chi connectivity index (χ1) is 6.58. The van der Waals surface area contributed by atoms with E-state index in [1.165, 1.54) is 0 Å². The Bertz CT molecular complexity index is 181. The standard InChI is InChI=1S/C9H24N3OP/c1-4-7-11-14(10,13)12(8-5-2)9-6-3/h4-9H2,1-3H3,(H3,10,11,13). The third-order valence-corrected chi connectivity index (χ3v) is 3.89. The van der Waals surface area contributed by atoms with Crippen molar-refractivity contribution in [1.82, 2.24) is 9.76 Å². The second kappa shape index (κ2) is 7.41. The lowest BCUT2D eigenvalue weighted by Crippen LogP contribution is -2.34. The first-order valence-electron chi connectivity index (χ1n) is 5.47. The van der Waals surface area contributed by atoms with Crippen LogP contribution in [0, 0.1) is 0 Å². The summed E-state index contributed by atoms with van der Waals surface area (Å²) in [7, 11) is -2.77. The van der Waals surface area contributed by atoms with Gasteiger partial charge >= 0.3 is 0 Å². The normalized spacial score (nSPS) is 15.8. The Morgan fingerprint density at radius 3 is 2.00 bits per heavy atom. The van der Waals surface area contributed by atoms with Crippen LogP contribution in [0.3, 0.4) is 0 Å². The predicted molar refractivity (Wildman–Crippen MR) is 62.2 cm³/mol. The van der Waals surface area contributed by atoms with Crippen molar-refractivity contribution >= 4 is 7.59 Å². The third-order valence-electron chi connectivity index (χ3n) is 1.97. The van der Waals surface area contributed by atoms with Crippen molar-refractivity contribution in [3.05, 3.63) is 0 Å². The first-order valence-corrected chi connectivity index (χ1v) is 7.20. The van der Waals surface area contributed by atoms with Gasteiger partial charge in [0.1, 0.15) is 0 Å². The maximum atomic E-state index is 12.0. The minimum absolute atomic E-state index is 0.720. The summed E-state index contributed by atoms with van der Waals surface area (Å²) in [6, 6.07) is 0. The zero-order valence-corrected chi connectivity index (χ0v) is 10.5. The van der Waals surface area contributed by atoms with Gasteiger partial charge in [-0.2, -0.15) is 0 Å². The van der Waals surface area contributed by atoms with E-state index < -0.39 is 7.59 Å². The Labute approximate surface area is 87.8 Å². The summed E-state index contributed by atoms with van der Waals surface area (Å²) in [4.78, 5) is 0. The molecule has 0 rings (SSSR count). The molecule has 86 valence electrons. The molecule has 0 saturated carbocycles. The molecule has 0 heterocycles. The molecule has 0 saturated heterocycles. The van der Waals surface area contributed by atoms with Crippen molar-refractivity contribution < 1.29 is 4.57 Å². The van der Waals surface area contributed by atoms with E-state index in [4.69, 9.17) is 5.50 Å². The fraction of sp³-hybridized carbons (Fsp3) is 1.00. The summed E-state index contributed by atoms with van der Waals surface area (Å²) in [5, 5.41) is 2.94. The molecule has 3 N–H and O–H groups in total. The molecule has 14 heavy (non-hydrogen) atoms. The van der Waals surface area contributed by atoms with Crippen LogP contribution in [0.15, 0.2) is 0 Å². The molecule has 4 nitrogen and oxygen atoms in total. The molecule has 0 aliphatic rings. The quantitative estimate of drug-likeness (QED) is 0.617. The van der Waals surface area contributed by atoms with Crippen LogP contribution in [0.1, 0.15) is 40.0 Å². The van der Waals surface area contributed by atoms with Crippen molar-refractivity contribution in [3.63, 3.8) is 0 Å². The Hall–Kier alpha value is 0.110. The molecule has 5 heteroatoms. The lowest BCUT2D eigenvalue weighted by atomic mass is 10.4. The molecule has 0 aliphatic carbocycles. The van der Waals surface area contributed by atoms with Crippen molar-refractivity contribution in [1.29, 1.82) is 0 Å². The van der Waals surface area contributed by atoms with E-state index in [-0.39, 0.29) is 0 Å². The molecule has 0 aromatic heterocycles.